The molecule has 37 heavy (non-hydrogen) atoms. The van der Waals surface area contributed by atoms with Crippen molar-refractivity contribution in [1.29, 1.82) is 0 Å². The highest BCUT2D eigenvalue weighted by atomic mass is 32.2. The molecule has 1 amide bonds. The monoisotopic (exact) mass is 530 g/mol. The molecule has 9 nitrogen and oxygen atoms in total. The number of sulfonamides is 1. The molecule has 200 valence electrons. The van der Waals surface area contributed by atoms with Gasteiger partial charge in [-0.05, 0) is 48.2 Å². The van der Waals surface area contributed by atoms with Crippen LogP contribution >= 0.6 is 0 Å². The van der Waals surface area contributed by atoms with E-state index < -0.39 is 28.3 Å². The van der Waals surface area contributed by atoms with E-state index in [-0.39, 0.29) is 36.9 Å². The van der Waals surface area contributed by atoms with Crippen LogP contribution in [0.1, 0.15) is 25.0 Å². The van der Waals surface area contributed by atoms with E-state index >= 15 is 0 Å². The van der Waals surface area contributed by atoms with Gasteiger partial charge in [0, 0.05) is 18.7 Å². The van der Waals surface area contributed by atoms with Gasteiger partial charge in [-0.3, -0.25) is 0 Å². The fraction of sp³-hybridized carbons (Fsp3) is 0.370. The fourth-order valence-corrected chi connectivity index (χ4v) is 5.40. The molecule has 0 aliphatic carbocycles. The zero-order valence-electron chi connectivity index (χ0n) is 21.2. The third-order valence-electron chi connectivity index (χ3n) is 5.67. The van der Waals surface area contributed by atoms with E-state index in [0.29, 0.717) is 11.3 Å². The molecular weight excluding hydrogens is 496 g/mol. The van der Waals surface area contributed by atoms with Crippen LogP contribution in [0.4, 0.5) is 4.79 Å². The molecule has 3 aromatic rings. The number of benzene rings is 2. The van der Waals surface area contributed by atoms with Gasteiger partial charge in [0.05, 0.1) is 36.7 Å². The summed E-state index contributed by atoms with van der Waals surface area (Å²) < 4.78 is 43.6. The molecule has 1 aromatic heterocycles. The number of furan rings is 1. The molecule has 2 aromatic carbocycles. The summed E-state index contributed by atoms with van der Waals surface area (Å²) in [5, 5.41) is 13.9. The summed E-state index contributed by atoms with van der Waals surface area (Å²) >= 11 is 0. The van der Waals surface area contributed by atoms with Gasteiger partial charge in [0.1, 0.15) is 12.4 Å². The van der Waals surface area contributed by atoms with E-state index in [2.05, 4.69) is 5.32 Å². The Morgan fingerprint density at radius 3 is 2.32 bits per heavy atom. The molecule has 0 spiro atoms. The number of amides is 1. The lowest BCUT2D eigenvalue weighted by molar-refractivity contribution is 0.0872. The predicted octanol–water partition coefficient (Wildman–Crippen LogP) is 3.83. The maximum Gasteiger partial charge on any atom is 0.407 e. The second-order valence-corrected chi connectivity index (χ2v) is 11.0. The van der Waals surface area contributed by atoms with Gasteiger partial charge in [-0.15, -0.1) is 0 Å². The van der Waals surface area contributed by atoms with Gasteiger partial charge in [-0.2, -0.15) is 4.31 Å². The van der Waals surface area contributed by atoms with Crippen molar-refractivity contribution in [2.45, 2.75) is 43.9 Å². The Labute approximate surface area is 218 Å². The van der Waals surface area contributed by atoms with Crippen LogP contribution in [-0.2, 0) is 27.8 Å². The number of methoxy groups -OCH3 is 1. The minimum Gasteiger partial charge on any atom is -0.497 e. The van der Waals surface area contributed by atoms with Crippen LogP contribution in [0.3, 0.4) is 0 Å². The molecule has 2 atom stereocenters. The van der Waals surface area contributed by atoms with E-state index in [1.54, 1.807) is 18.2 Å². The van der Waals surface area contributed by atoms with E-state index in [4.69, 9.17) is 13.9 Å². The molecule has 10 heteroatoms. The number of hydrogen-bond donors (Lipinski definition) is 2. The van der Waals surface area contributed by atoms with Crippen LogP contribution < -0.4 is 10.1 Å². The maximum atomic E-state index is 13.5. The van der Waals surface area contributed by atoms with Gasteiger partial charge >= 0.3 is 6.09 Å². The molecular formula is C27H34N2O7S. The number of aliphatic hydroxyl groups is 1. The summed E-state index contributed by atoms with van der Waals surface area (Å²) in [5.74, 6) is 0.538. The number of aliphatic hydroxyl groups excluding tert-OH is 1. The summed E-state index contributed by atoms with van der Waals surface area (Å²) in [6.07, 6.45) is 1.28. The van der Waals surface area contributed by atoms with Crippen molar-refractivity contribution in [3.05, 3.63) is 84.3 Å². The molecule has 0 fully saturated rings. The highest BCUT2D eigenvalue weighted by Gasteiger charge is 2.31. The van der Waals surface area contributed by atoms with Crippen LogP contribution in [0.15, 0.2) is 82.5 Å². The largest absolute Gasteiger partial charge is 0.497 e. The first-order valence-electron chi connectivity index (χ1n) is 12.0. The zero-order chi connectivity index (χ0) is 26.8. The summed E-state index contributed by atoms with van der Waals surface area (Å²) in [5.41, 5.74) is 1.55. The number of nitrogens with zero attached hydrogens (tertiary/aromatic N) is 1. The quantitative estimate of drug-likeness (QED) is 0.345. The second-order valence-electron chi connectivity index (χ2n) is 9.11. The van der Waals surface area contributed by atoms with E-state index in [1.807, 2.05) is 44.2 Å². The van der Waals surface area contributed by atoms with Crippen molar-refractivity contribution in [3.8, 4) is 5.75 Å². The highest BCUT2D eigenvalue weighted by molar-refractivity contribution is 7.89. The predicted molar refractivity (Wildman–Crippen MR) is 139 cm³/mol. The SMILES string of the molecule is COc1ccc(S(=O)(=O)N(CC(C)C)C[C@@H](O)C(Cc2ccccc2)NC(=O)OCc2ccoc2)cc1. The van der Waals surface area contributed by atoms with Crippen LogP contribution in [0.5, 0.6) is 5.75 Å². The number of ether oxygens (including phenoxy) is 2. The van der Waals surface area contributed by atoms with Gasteiger partial charge in [0.2, 0.25) is 10.0 Å². The van der Waals surface area contributed by atoms with E-state index in [9.17, 15) is 18.3 Å². The third-order valence-corrected chi connectivity index (χ3v) is 7.52. The number of carbonyl (C=O) groups is 1. The van der Waals surface area contributed by atoms with Gasteiger partial charge < -0.3 is 24.3 Å². The molecule has 0 bridgehead atoms. The number of alkyl carbamates (subject to hydrolysis) is 1. The van der Waals surface area contributed by atoms with Crippen LogP contribution in [-0.4, -0.2) is 56.3 Å². The van der Waals surface area contributed by atoms with Crippen molar-refractivity contribution < 1.29 is 32.2 Å². The molecule has 3 rings (SSSR count). The Balaban J connectivity index is 1.79. The van der Waals surface area contributed by atoms with Gasteiger partial charge in [-0.1, -0.05) is 44.2 Å². The number of nitrogens with one attached hydrogen (secondary N) is 1. The van der Waals surface area contributed by atoms with Crippen molar-refractivity contribution in [3.63, 3.8) is 0 Å². The smallest absolute Gasteiger partial charge is 0.407 e. The molecule has 0 saturated heterocycles. The number of carbonyl (C=O) groups excluding carboxylic acids is 1. The minimum absolute atomic E-state index is 0.000631. The summed E-state index contributed by atoms with van der Waals surface area (Å²) in [6, 6.07) is 16.3. The molecule has 0 aliphatic rings. The van der Waals surface area contributed by atoms with E-state index in [1.165, 1.54) is 36.1 Å². The van der Waals surface area contributed by atoms with Crippen molar-refractivity contribution in [2.75, 3.05) is 20.2 Å². The average Bonchev–Trinajstić information content (AvgIpc) is 3.41. The molecule has 1 unspecified atom stereocenters. The standard InChI is InChI=1S/C27H34N2O7S/c1-20(2)16-29(37(32,33)24-11-9-23(34-3)10-12-24)17-26(30)25(15-21-7-5-4-6-8-21)28-27(31)36-19-22-13-14-35-18-22/h4-14,18,20,25-26,30H,15-17,19H2,1-3H3,(H,28,31)/t25?,26-/m1/s1. The molecule has 0 aliphatic heterocycles. The first-order chi connectivity index (χ1) is 17.7. The Hall–Kier alpha value is -3.34. The number of hydrogen-bond acceptors (Lipinski definition) is 7. The average molecular weight is 531 g/mol. The van der Waals surface area contributed by atoms with Crippen molar-refractivity contribution >= 4 is 16.1 Å². The second kappa shape index (κ2) is 13.3. The van der Waals surface area contributed by atoms with Gasteiger partial charge in [0.15, 0.2) is 0 Å². The van der Waals surface area contributed by atoms with Gasteiger partial charge in [0.25, 0.3) is 0 Å². The molecule has 2 N–H and O–H groups in total. The Morgan fingerprint density at radius 1 is 1.03 bits per heavy atom. The molecule has 1 heterocycles. The fourth-order valence-electron chi connectivity index (χ4n) is 3.78. The Morgan fingerprint density at radius 2 is 1.73 bits per heavy atom. The third kappa shape index (κ3) is 8.34. The topological polar surface area (TPSA) is 118 Å². The summed E-state index contributed by atoms with van der Waals surface area (Å²) in [6.45, 7) is 3.77. The van der Waals surface area contributed by atoms with Crippen LogP contribution in [0.2, 0.25) is 0 Å². The number of rotatable bonds is 13. The lowest BCUT2D eigenvalue weighted by atomic mass is 10.0. The first-order valence-corrected chi connectivity index (χ1v) is 13.4. The van der Waals surface area contributed by atoms with Crippen LogP contribution in [0, 0.1) is 5.92 Å². The Kier molecular flexibility index (Phi) is 10.1. The molecule has 0 saturated carbocycles. The lowest BCUT2D eigenvalue weighted by Crippen LogP contribution is -2.51. The normalized spacial score (nSPS) is 13.4. The minimum atomic E-state index is -3.93. The maximum absolute atomic E-state index is 13.5. The highest BCUT2D eigenvalue weighted by Crippen LogP contribution is 2.22. The summed E-state index contributed by atoms with van der Waals surface area (Å²) in [4.78, 5) is 12.7. The van der Waals surface area contributed by atoms with E-state index in [0.717, 1.165) is 5.56 Å². The summed E-state index contributed by atoms with van der Waals surface area (Å²) in [7, 11) is -2.42. The zero-order valence-corrected chi connectivity index (χ0v) is 22.1. The van der Waals surface area contributed by atoms with Crippen molar-refractivity contribution in [2.24, 2.45) is 5.92 Å². The first kappa shape index (κ1) is 28.2. The van der Waals surface area contributed by atoms with Crippen molar-refractivity contribution in [1.82, 2.24) is 9.62 Å². The Bertz CT molecular complexity index is 1200. The van der Waals surface area contributed by atoms with Gasteiger partial charge in [-0.25, -0.2) is 13.2 Å². The molecule has 0 radical (unpaired) electrons. The van der Waals surface area contributed by atoms with Crippen LogP contribution in [0.25, 0.3) is 0 Å². The lowest BCUT2D eigenvalue weighted by Gasteiger charge is -2.30.